The smallest absolute Gasteiger partial charge is 0.332 e. The van der Waals surface area contributed by atoms with E-state index in [9.17, 15) is 9.59 Å². The zero-order valence-electron chi connectivity index (χ0n) is 12.6. The zero-order valence-corrected chi connectivity index (χ0v) is 12.6. The van der Waals surface area contributed by atoms with Crippen molar-refractivity contribution in [2.75, 3.05) is 0 Å². The topological polar surface area (TPSA) is 75.6 Å². The van der Waals surface area contributed by atoms with Crippen LogP contribution in [0.3, 0.4) is 0 Å². The van der Waals surface area contributed by atoms with Crippen LogP contribution in [0.2, 0.25) is 0 Å². The van der Waals surface area contributed by atoms with Gasteiger partial charge in [0.15, 0.2) is 6.10 Å². The Morgan fingerprint density at radius 2 is 1.77 bits per heavy atom. The summed E-state index contributed by atoms with van der Waals surface area (Å²) in [5.74, 6) is -0.711. The molecule has 1 amide bonds. The van der Waals surface area contributed by atoms with Crippen molar-refractivity contribution in [3.63, 3.8) is 0 Å². The lowest BCUT2D eigenvalue weighted by molar-refractivity contribution is -0.152. The van der Waals surface area contributed by atoms with Gasteiger partial charge < -0.3 is 15.2 Å². The molecule has 5 heteroatoms. The molecule has 1 aliphatic heterocycles. The molecule has 2 N–H and O–H groups in total. The Bertz CT molecular complexity index is 565. The molecule has 0 aromatic heterocycles. The Kier molecular flexibility index (Phi) is 4.16. The van der Waals surface area contributed by atoms with Crippen LogP contribution in [0.1, 0.15) is 42.9 Å². The molecule has 1 aromatic rings. The van der Waals surface area contributed by atoms with Gasteiger partial charge in [-0.05, 0) is 44.1 Å². The number of hydrogen-bond donors (Lipinski definition) is 2. The normalized spacial score (nSPS) is 25.7. The van der Waals surface area contributed by atoms with Crippen molar-refractivity contribution in [3.05, 3.63) is 35.4 Å². The molecule has 22 heavy (non-hydrogen) atoms. The van der Waals surface area contributed by atoms with Crippen LogP contribution in [-0.4, -0.2) is 29.2 Å². The molecule has 1 aromatic carbocycles. The summed E-state index contributed by atoms with van der Waals surface area (Å²) in [6.45, 7) is 2.03. The van der Waals surface area contributed by atoms with Crippen LogP contribution in [0.15, 0.2) is 24.3 Å². The number of carbonyl (C=O) groups excluding carboxylic acids is 1. The molecule has 1 unspecified atom stereocenters. The average molecular weight is 303 g/mol. The molecule has 3 atom stereocenters. The summed E-state index contributed by atoms with van der Waals surface area (Å²) >= 11 is 0. The fourth-order valence-corrected chi connectivity index (χ4v) is 2.93. The third-order valence-electron chi connectivity index (χ3n) is 4.42. The fraction of sp³-hybridized carbons (Fsp3) is 0.529. The molecular weight excluding hydrogens is 282 g/mol. The van der Waals surface area contributed by atoms with E-state index in [0.29, 0.717) is 18.8 Å². The fourth-order valence-electron chi connectivity index (χ4n) is 2.93. The number of aliphatic carboxylic acids is 1. The molecule has 1 aliphatic carbocycles. The van der Waals surface area contributed by atoms with Crippen molar-refractivity contribution in [2.45, 2.75) is 50.9 Å². The highest BCUT2D eigenvalue weighted by Crippen LogP contribution is 2.41. The van der Waals surface area contributed by atoms with E-state index in [1.165, 1.54) is 5.56 Å². The monoisotopic (exact) mass is 303 g/mol. The molecule has 2 fully saturated rings. The number of carbonyl (C=O) groups is 2. The lowest BCUT2D eigenvalue weighted by Crippen LogP contribution is -2.38. The van der Waals surface area contributed by atoms with Gasteiger partial charge in [0, 0.05) is 0 Å². The highest BCUT2D eigenvalue weighted by Gasteiger charge is 2.38. The lowest BCUT2D eigenvalue weighted by atomic mass is 10.0. The highest BCUT2D eigenvalue weighted by atomic mass is 16.5. The van der Waals surface area contributed by atoms with Gasteiger partial charge in [-0.3, -0.25) is 4.79 Å². The number of ether oxygens (including phenoxy) is 1. The predicted octanol–water partition coefficient (Wildman–Crippen LogP) is 2.19. The summed E-state index contributed by atoms with van der Waals surface area (Å²) in [5.41, 5.74) is 2.29. The van der Waals surface area contributed by atoms with E-state index in [-0.39, 0.29) is 11.9 Å². The Labute approximate surface area is 129 Å². The number of hydrogen-bond acceptors (Lipinski definition) is 3. The van der Waals surface area contributed by atoms with Crippen molar-refractivity contribution >= 4 is 11.9 Å². The number of rotatable bonds is 5. The van der Waals surface area contributed by atoms with Gasteiger partial charge in [-0.15, -0.1) is 0 Å². The molecule has 1 heterocycles. The SMILES string of the molecule is Cc1ccc(C(NC(=O)[C@@H]2CC[C@H](C(=O)O)O2)C2CC2)cc1. The first-order valence-electron chi connectivity index (χ1n) is 7.80. The number of carboxylic acid groups (broad SMARTS) is 1. The van der Waals surface area contributed by atoms with Gasteiger partial charge in [0.05, 0.1) is 6.04 Å². The summed E-state index contributed by atoms with van der Waals surface area (Å²) in [4.78, 5) is 23.3. The van der Waals surface area contributed by atoms with Crippen molar-refractivity contribution in [1.29, 1.82) is 0 Å². The van der Waals surface area contributed by atoms with Crippen molar-refractivity contribution in [3.8, 4) is 0 Å². The van der Waals surface area contributed by atoms with E-state index in [2.05, 4.69) is 5.32 Å². The lowest BCUT2D eigenvalue weighted by Gasteiger charge is -2.21. The molecule has 118 valence electrons. The van der Waals surface area contributed by atoms with Crippen molar-refractivity contribution < 1.29 is 19.4 Å². The minimum Gasteiger partial charge on any atom is -0.479 e. The highest BCUT2D eigenvalue weighted by molar-refractivity contribution is 5.83. The average Bonchev–Trinajstić information content (AvgIpc) is 3.20. The second-order valence-electron chi connectivity index (χ2n) is 6.26. The Morgan fingerprint density at radius 1 is 1.14 bits per heavy atom. The Hall–Kier alpha value is -1.88. The number of carboxylic acids is 1. The molecule has 0 spiro atoms. The van der Waals surface area contributed by atoms with E-state index in [1.807, 2.05) is 31.2 Å². The Balaban J connectivity index is 1.65. The number of amides is 1. The van der Waals surface area contributed by atoms with Crippen LogP contribution in [-0.2, 0) is 14.3 Å². The molecule has 1 saturated heterocycles. The quantitative estimate of drug-likeness (QED) is 0.874. The summed E-state index contributed by atoms with van der Waals surface area (Å²) in [6.07, 6.45) is 1.59. The maximum absolute atomic E-state index is 12.4. The van der Waals surface area contributed by atoms with Crippen LogP contribution in [0.5, 0.6) is 0 Å². The minimum atomic E-state index is -0.993. The molecule has 1 saturated carbocycles. The van der Waals surface area contributed by atoms with E-state index in [0.717, 1.165) is 18.4 Å². The molecule has 0 bridgehead atoms. The van der Waals surface area contributed by atoms with Gasteiger partial charge in [0.2, 0.25) is 5.91 Å². The molecule has 3 rings (SSSR count). The van der Waals surface area contributed by atoms with Gasteiger partial charge in [-0.1, -0.05) is 29.8 Å². The number of nitrogens with one attached hydrogen (secondary N) is 1. The minimum absolute atomic E-state index is 0.000535. The zero-order chi connectivity index (χ0) is 15.7. The van der Waals surface area contributed by atoms with Gasteiger partial charge in [0.1, 0.15) is 6.10 Å². The van der Waals surface area contributed by atoms with Gasteiger partial charge in [-0.2, -0.15) is 0 Å². The van der Waals surface area contributed by atoms with E-state index < -0.39 is 18.2 Å². The van der Waals surface area contributed by atoms with Crippen LogP contribution >= 0.6 is 0 Å². The largest absolute Gasteiger partial charge is 0.479 e. The standard InChI is InChI=1S/C17H21NO4/c1-10-2-4-11(5-3-10)15(12-6-7-12)18-16(19)13-8-9-14(22-13)17(20)21/h2-5,12-15H,6-9H2,1H3,(H,18,19)(H,20,21)/t13-,14+,15?/m0/s1. The molecule has 0 radical (unpaired) electrons. The summed E-state index contributed by atoms with van der Waals surface area (Å²) in [5, 5.41) is 12.0. The van der Waals surface area contributed by atoms with Gasteiger partial charge >= 0.3 is 5.97 Å². The van der Waals surface area contributed by atoms with Crippen molar-refractivity contribution in [2.24, 2.45) is 5.92 Å². The second kappa shape index (κ2) is 6.08. The van der Waals surface area contributed by atoms with Crippen molar-refractivity contribution in [1.82, 2.24) is 5.32 Å². The van der Waals surface area contributed by atoms with E-state index in [4.69, 9.17) is 9.84 Å². The third kappa shape index (κ3) is 3.30. The van der Waals surface area contributed by atoms with Gasteiger partial charge in [-0.25, -0.2) is 4.79 Å². The van der Waals surface area contributed by atoms with Crippen LogP contribution < -0.4 is 5.32 Å². The first-order chi connectivity index (χ1) is 10.5. The maximum Gasteiger partial charge on any atom is 0.332 e. The summed E-state index contributed by atoms with van der Waals surface area (Å²) in [7, 11) is 0. The first kappa shape index (κ1) is 15.0. The summed E-state index contributed by atoms with van der Waals surface area (Å²) in [6, 6.07) is 8.19. The maximum atomic E-state index is 12.4. The number of aryl methyl sites for hydroxylation is 1. The van der Waals surface area contributed by atoms with E-state index in [1.54, 1.807) is 0 Å². The first-order valence-corrected chi connectivity index (χ1v) is 7.80. The third-order valence-corrected chi connectivity index (χ3v) is 4.42. The van der Waals surface area contributed by atoms with E-state index >= 15 is 0 Å². The predicted molar refractivity (Wildman–Crippen MR) is 80.3 cm³/mol. The Morgan fingerprint density at radius 3 is 2.32 bits per heavy atom. The molecule has 2 aliphatic rings. The van der Waals surface area contributed by atoms with Crippen LogP contribution in [0, 0.1) is 12.8 Å². The van der Waals surface area contributed by atoms with Gasteiger partial charge in [0.25, 0.3) is 0 Å². The second-order valence-corrected chi connectivity index (χ2v) is 6.26. The summed E-state index contributed by atoms with van der Waals surface area (Å²) < 4.78 is 5.33. The molecular formula is C17H21NO4. The molecule has 5 nitrogen and oxygen atoms in total. The van der Waals surface area contributed by atoms with Crippen LogP contribution in [0.4, 0.5) is 0 Å². The van der Waals surface area contributed by atoms with Crippen LogP contribution in [0.25, 0.3) is 0 Å². The number of benzene rings is 1.